The minimum Gasteiger partial charge on any atom is -0.477 e. The fourth-order valence-electron chi connectivity index (χ4n) is 2.95. The number of amides is 2. The molecule has 130 valence electrons. The molecular weight excluding hydrogens is 316 g/mol. The molecule has 1 N–H and O–H groups in total. The smallest absolute Gasteiger partial charge is 0.262 e. The number of carbonyl (C=O) groups excluding carboxylic acids is 2. The maximum Gasteiger partial charge on any atom is 0.262 e. The van der Waals surface area contributed by atoms with Crippen LogP contribution in [0, 0.1) is 13.8 Å². The molecule has 2 aromatic rings. The summed E-state index contributed by atoms with van der Waals surface area (Å²) in [5.41, 5.74) is 4.04. The fraction of sp³-hybridized carbons (Fsp3) is 0.300. The van der Waals surface area contributed by atoms with Crippen LogP contribution in [0.2, 0.25) is 0 Å². The molecule has 1 aliphatic heterocycles. The van der Waals surface area contributed by atoms with Gasteiger partial charge in [0, 0.05) is 7.05 Å². The van der Waals surface area contributed by atoms with Crippen molar-refractivity contribution in [3.05, 3.63) is 59.2 Å². The number of fused-ring (bicyclic) bond motifs is 1. The molecular formula is C20H22N2O3. The Balaban J connectivity index is 1.87. The van der Waals surface area contributed by atoms with Crippen molar-refractivity contribution in [2.45, 2.75) is 26.4 Å². The molecule has 1 aliphatic rings. The van der Waals surface area contributed by atoms with Gasteiger partial charge in [-0.05, 0) is 42.7 Å². The first-order valence-corrected chi connectivity index (χ1v) is 8.33. The predicted octanol–water partition coefficient (Wildman–Crippen LogP) is 2.39. The first-order valence-electron chi connectivity index (χ1n) is 8.33. The lowest BCUT2D eigenvalue weighted by Crippen LogP contribution is -2.50. The number of hydrogen-bond donors (Lipinski definition) is 1. The molecule has 5 heteroatoms. The Kier molecular flexibility index (Phi) is 4.74. The molecule has 0 bridgehead atoms. The van der Waals surface area contributed by atoms with Crippen molar-refractivity contribution < 1.29 is 14.3 Å². The van der Waals surface area contributed by atoms with Crippen LogP contribution in [0.25, 0.3) is 0 Å². The summed E-state index contributed by atoms with van der Waals surface area (Å²) in [5.74, 6) is 0.266. The van der Waals surface area contributed by atoms with Crippen LogP contribution in [0.3, 0.4) is 0 Å². The van der Waals surface area contributed by atoms with Crippen LogP contribution in [0.15, 0.2) is 42.5 Å². The lowest BCUT2D eigenvalue weighted by atomic mass is 10.0. The molecule has 0 radical (unpaired) electrons. The number of hydrogen-bond acceptors (Lipinski definition) is 3. The van der Waals surface area contributed by atoms with E-state index in [-0.39, 0.29) is 24.8 Å². The highest BCUT2D eigenvalue weighted by molar-refractivity contribution is 5.98. The van der Waals surface area contributed by atoms with Crippen LogP contribution >= 0.6 is 0 Å². The highest BCUT2D eigenvalue weighted by Gasteiger charge is 2.33. The van der Waals surface area contributed by atoms with Crippen molar-refractivity contribution in [1.29, 1.82) is 0 Å². The van der Waals surface area contributed by atoms with E-state index in [1.807, 2.05) is 50.2 Å². The molecule has 0 spiro atoms. The van der Waals surface area contributed by atoms with Gasteiger partial charge in [0.1, 0.15) is 5.75 Å². The lowest BCUT2D eigenvalue weighted by Gasteiger charge is -2.34. The number of aryl methyl sites for hydroxylation is 2. The summed E-state index contributed by atoms with van der Waals surface area (Å²) in [6.07, 6.45) is -0.417. The van der Waals surface area contributed by atoms with Crippen LogP contribution in [0.5, 0.6) is 5.75 Å². The molecule has 25 heavy (non-hydrogen) atoms. The summed E-state index contributed by atoms with van der Waals surface area (Å²) < 4.78 is 5.74. The molecule has 0 saturated heterocycles. The van der Waals surface area contributed by atoms with Gasteiger partial charge in [0.15, 0.2) is 6.10 Å². The average Bonchev–Trinajstić information content (AvgIpc) is 2.63. The van der Waals surface area contributed by atoms with Gasteiger partial charge >= 0.3 is 0 Å². The van der Waals surface area contributed by atoms with Gasteiger partial charge in [-0.2, -0.15) is 0 Å². The number of likely N-dealkylation sites (N-methyl/N-ethyl adjacent to an activating group) is 1. The number of ether oxygens (including phenoxy) is 1. The zero-order chi connectivity index (χ0) is 18.0. The molecule has 3 rings (SSSR count). The highest BCUT2D eigenvalue weighted by Crippen LogP contribution is 2.33. The summed E-state index contributed by atoms with van der Waals surface area (Å²) in [6, 6.07) is 13.3. The van der Waals surface area contributed by atoms with E-state index >= 15 is 0 Å². The normalized spacial score (nSPS) is 16.0. The number of anilines is 1. The van der Waals surface area contributed by atoms with Crippen molar-refractivity contribution in [2.24, 2.45) is 0 Å². The van der Waals surface area contributed by atoms with Crippen LogP contribution < -0.4 is 15.0 Å². The summed E-state index contributed by atoms with van der Waals surface area (Å²) >= 11 is 0. The third-order valence-electron chi connectivity index (χ3n) is 4.54. The van der Waals surface area contributed by atoms with E-state index in [0.717, 1.165) is 11.1 Å². The molecule has 0 saturated carbocycles. The molecule has 2 aromatic carbocycles. The summed E-state index contributed by atoms with van der Waals surface area (Å²) in [4.78, 5) is 26.6. The lowest BCUT2D eigenvalue weighted by molar-refractivity contribution is -0.127. The van der Waals surface area contributed by atoms with E-state index in [1.165, 1.54) is 5.56 Å². The van der Waals surface area contributed by atoms with E-state index in [0.29, 0.717) is 11.4 Å². The van der Waals surface area contributed by atoms with Gasteiger partial charge in [-0.3, -0.25) is 9.59 Å². The zero-order valence-electron chi connectivity index (χ0n) is 14.7. The van der Waals surface area contributed by atoms with E-state index in [9.17, 15) is 9.59 Å². The van der Waals surface area contributed by atoms with Crippen molar-refractivity contribution in [3.8, 4) is 5.75 Å². The van der Waals surface area contributed by atoms with Crippen LogP contribution in [-0.2, 0) is 16.0 Å². The standard InChI is InChI=1S/C20H22N2O3/c1-13-8-9-15(10-14(13)2)11-19(23)22-12-18(20(24)21-3)25-17-7-5-4-6-16(17)22/h4-10,18H,11-12H2,1-3H3,(H,21,24)/t18-/m1/s1. The molecule has 0 aliphatic carbocycles. The number of rotatable bonds is 3. The molecule has 1 atom stereocenters. The third kappa shape index (κ3) is 3.50. The van der Waals surface area contributed by atoms with E-state index in [1.54, 1.807) is 18.0 Å². The summed E-state index contributed by atoms with van der Waals surface area (Å²) in [7, 11) is 1.56. The van der Waals surface area contributed by atoms with Crippen molar-refractivity contribution >= 4 is 17.5 Å². The Morgan fingerprint density at radius 3 is 2.64 bits per heavy atom. The second kappa shape index (κ2) is 6.97. The third-order valence-corrected chi connectivity index (χ3v) is 4.54. The Labute approximate surface area is 147 Å². The molecule has 0 unspecified atom stereocenters. The Morgan fingerprint density at radius 2 is 1.92 bits per heavy atom. The predicted molar refractivity (Wildman–Crippen MR) is 96.9 cm³/mol. The monoisotopic (exact) mass is 338 g/mol. The second-order valence-electron chi connectivity index (χ2n) is 6.29. The minimum absolute atomic E-state index is 0.0482. The maximum absolute atomic E-state index is 12.9. The van der Waals surface area contributed by atoms with Crippen LogP contribution in [0.1, 0.15) is 16.7 Å². The SMILES string of the molecule is CNC(=O)[C@H]1CN(C(=O)Cc2ccc(C)c(C)c2)c2ccccc2O1. The largest absolute Gasteiger partial charge is 0.477 e. The topological polar surface area (TPSA) is 58.6 Å². The number of benzene rings is 2. The molecule has 0 fully saturated rings. The van der Waals surface area contributed by atoms with Gasteiger partial charge in [-0.25, -0.2) is 0 Å². The van der Waals surface area contributed by atoms with Crippen molar-refractivity contribution in [2.75, 3.05) is 18.5 Å². The van der Waals surface area contributed by atoms with Crippen LogP contribution in [0.4, 0.5) is 5.69 Å². The van der Waals surface area contributed by atoms with Crippen LogP contribution in [-0.4, -0.2) is 31.5 Å². The zero-order valence-corrected chi connectivity index (χ0v) is 14.7. The first kappa shape index (κ1) is 17.0. The number of para-hydroxylation sites is 2. The van der Waals surface area contributed by atoms with Crippen molar-refractivity contribution in [1.82, 2.24) is 5.32 Å². The Hall–Kier alpha value is -2.82. The Bertz CT molecular complexity index is 816. The molecule has 2 amide bonds. The maximum atomic E-state index is 12.9. The van der Waals surface area contributed by atoms with Gasteiger partial charge in [-0.15, -0.1) is 0 Å². The van der Waals surface area contributed by atoms with Gasteiger partial charge in [0.05, 0.1) is 18.7 Å². The quantitative estimate of drug-likeness (QED) is 0.935. The first-order chi connectivity index (χ1) is 12.0. The molecule has 0 aromatic heterocycles. The number of nitrogens with one attached hydrogen (secondary N) is 1. The summed E-state index contributed by atoms with van der Waals surface area (Å²) in [6.45, 7) is 4.29. The average molecular weight is 338 g/mol. The van der Waals surface area contributed by atoms with E-state index in [4.69, 9.17) is 4.74 Å². The minimum atomic E-state index is -0.705. The number of carbonyl (C=O) groups is 2. The Morgan fingerprint density at radius 1 is 1.16 bits per heavy atom. The van der Waals surface area contributed by atoms with E-state index in [2.05, 4.69) is 5.32 Å². The fourth-order valence-corrected chi connectivity index (χ4v) is 2.95. The van der Waals surface area contributed by atoms with Crippen molar-refractivity contribution in [3.63, 3.8) is 0 Å². The second-order valence-corrected chi connectivity index (χ2v) is 6.29. The van der Waals surface area contributed by atoms with E-state index < -0.39 is 6.10 Å². The highest BCUT2D eigenvalue weighted by atomic mass is 16.5. The molecule has 5 nitrogen and oxygen atoms in total. The van der Waals surface area contributed by atoms with Gasteiger partial charge < -0.3 is 15.0 Å². The van der Waals surface area contributed by atoms with Gasteiger partial charge in [0.25, 0.3) is 5.91 Å². The number of nitrogens with zero attached hydrogens (tertiary/aromatic N) is 1. The van der Waals surface area contributed by atoms with Gasteiger partial charge in [-0.1, -0.05) is 30.3 Å². The molecule has 1 heterocycles. The van der Waals surface area contributed by atoms with Gasteiger partial charge in [0.2, 0.25) is 5.91 Å². The summed E-state index contributed by atoms with van der Waals surface area (Å²) in [5, 5.41) is 2.59.